The molecule has 0 aliphatic heterocycles. The van der Waals surface area contributed by atoms with E-state index in [0.29, 0.717) is 10.7 Å². The van der Waals surface area contributed by atoms with Crippen molar-refractivity contribution in [2.24, 2.45) is 5.92 Å². The highest BCUT2D eigenvalue weighted by Gasteiger charge is 2.13. The van der Waals surface area contributed by atoms with Gasteiger partial charge in [0.2, 0.25) is 0 Å². The highest BCUT2D eigenvalue weighted by atomic mass is 32.1. The molecule has 15 heavy (non-hydrogen) atoms. The monoisotopic (exact) mass is 227 g/mol. The lowest BCUT2D eigenvalue weighted by Crippen LogP contribution is -2.26. The average molecular weight is 227 g/mol. The molecule has 3 nitrogen and oxygen atoms in total. The number of hydrogen-bond donors (Lipinski definition) is 3. The number of nitrogens with one attached hydrogen (secondary N) is 1. The molecule has 0 radical (unpaired) electrons. The van der Waals surface area contributed by atoms with Crippen LogP contribution in [0.3, 0.4) is 0 Å². The Balaban J connectivity index is 2.31. The van der Waals surface area contributed by atoms with Crippen molar-refractivity contribution in [3.63, 3.8) is 0 Å². The van der Waals surface area contributed by atoms with Gasteiger partial charge in [-0.2, -0.15) is 0 Å². The molecular formula is C10H18BNO2S. The van der Waals surface area contributed by atoms with Gasteiger partial charge in [-0.05, 0) is 18.5 Å². The lowest BCUT2D eigenvalue weighted by molar-refractivity contribution is 0.427. The quantitative estimate of drug-likeness (QED) is 0.622. The van der Waals surface area contributed by atoms with Crippen molar-refractivity contribution < 1.29 is 10.0 Å². The van der Waals surface area contributed by atoms with E-state index in [4.69, 9.17) is 10.0 Å². The van der Waals surface area contributed by atoms with Gasteiger partial charge >= 0.3 is 7.12 Å². The van der Waals surface area contributed by atoms with Gasteiger partial charge in [0.15, 0.2) is 0 Å². The molecule has 0 amide bonds. The minimum atomic E-state index is -1.33. The lowest BCUT2D eigenvalue weighted by atomic mass is 9.90. The van der Waals surface area contributed by atoms with E-state index in [2.05, 4.69) is 19.2 Å². The second-order valence-corrected chi connectivity index (χ2v) is 5.02. The molecule has 0 spiro atoms. The van der Waals surface area contributed by atoms with Crippen LogP contribution in [-0.2, 0) is 6.54 Å². The van der Waals surface area contributed by atoms with E-state index in [-0.39, 0.29) is 0 Å². The highest BCUT2D eigenvalue weighted by Crippen LogP contribution is 2.07. The van der Waals surface area contributed by atoms with Gasteiger partial charge in [-0.3, -0.25) is 0 Å². The zero-order valence-corrected chi connectivity index (χ0v) is 10.0. The van der Waals surface area contributed by atoms with Crippen LogP contribution in [0.1, 0.15) is 25.1 Å². The molecule has 1 rings (SSSR count). The van der Waals surface area contributed by atoms with Crippen LogP contribution >= 0.6 is 11.3 Å². The molecule has 1 heterocycles. The molecule has 0 saturated carbocycles. The first kappa shape index (κ1) is 12.7. The summed E-state index contributed by atoms with van der Waals surface area (Å²) in [6.07, 6.45) is 1.18. The van der Waals surface area contributed by atoms with Gasteiger partial charge in [-0.25, -0.2) is 0 Å². The second-order valence-electron chi connectivity index (χ2n) is 3.82. The molecule has 0 saturated heterocycles. The maximum absolute atomic E-state index is 8.93. The zero-order chi connectivity index (χ0) is 11.3. The molecule has 0 fully saturated rings. The van der Waals surface area contributed by atoms with Gasteiger partial charge in [0.05, 0.1) is 0 Å². The molecule has 1 aromatic rings. The molecule has 1 unspecified atom stereocenters. The van der Waals surface area contributed by atoms with Crippen LogP contribution in [0.25, 0.3) is 0 Å². The molecule has 5 heteroatoms. The van der Waals surface area contributed by atoms with Crippen LogP contribution < -0.4 is 10.1 Å². The normalized spacial score (nSPS) is 12.8. The summed E-state index contributed by atoms with van der Waals surface area (Å²) in [7, 11) is -1.33. The fraction of sp³-hybridized carbons (Fsp3) is 0.600. The van der Waals surface area contributed by atoms with Crippen molar-refractivity contribution in [2.75, 3.05) is 6.54 Å². The van der Waals surface area contributed by atoms with Crippen molar-refractivity contribution in [3.8, 4) is 0 Å². The fourth-order valence-corrected chi connectivity index (χ4v) is 2.07. The molecule has 0 bridgehead atoms. The Kier molecular flexibility index (Phi) is 5.32. The van der Waals surface area contributed by atoms with Crippen molar-refractivity contribution in [2.45, 2.75) is 26.8 Å². The van der Waals surface area contributed by atoms with E-state index in [1.807, 2.05) is 6.07 Å². The summed E-state index contributed by atoms with van der Waals surface area (Å²) in [5.41, 5.74) is 0. The third-order valence-electron chi connectivity index (χ3n) is 2.43. The third kappa shape index (κ3) is 4.34. The van der Waals surface area contributed by atoms with Crippen molar-refractivity contribution in [1.29, 1.82) is 0 Å². The predicted octanol–water partition coefficient (Wildman–Crippen LogP) is 0.564. The Bertz CT molecular complexity index is 291. The molecular weight excluding hydrogens is 209 g/mol. The fourth-order valence-electron chi connectivity index (χ4n) is 1.21. The summed E-state index contributed by atoms with van der Waals surface area (Å²) in [5, 5.41) is 21.2. The average Bonchev–Trinajstić information content (AvgIpc) is 2.66. The van der Waals surface area contributed by atoms with Crippen LogP contribution in [0, 0.1) is 5.92 Å². The molecule has 3 N–H and O–H groups in total. The number of rotatable bonds is 6. The molecule has 0 aliphatic carbocycles. The molecule has 0 aliphatic rings. The standard InChI is InChI=1S/C10H18BNO2S/c1-3-8(2)6-12-7-9-4-5-10(15-9)11(13)14/h4-5,8,12-14H,3,6-7H2,1-2H3. The molecule has 84 valence electrons. The zero-order valence-electron chi connectivity index (χ0n) is 9.23. The first-order chi connectivity index (χ1) is 7.13. The van der Waals surface area contributed by atoms with E-state index in [0.717, 1.165) is 18.0 Å². The van der Waals surface area contributed by atoms with Crippen LogP contribution in [-0.4, -0.2) is 23.7 Å². The Morgan fingerprint density at radius 2 is 2.20 bits per heavy atom. The van der Waals surface area contributed by atoms with Crippen LogP contribution in [0.2, 0.25) is 0 Å². The van der Waals surface area contributed by atoms with Crippen molar-refractivity contribution in [1.82, 2.24) is 5.32 Å². The van der Waals surface area contributed by atoms with Gasteiger partial charge in [0.1, 0.15) is 0 Å². The second kappa shape index (κ2) is 6.28. The van der Waals surface area contributed by atoms with Crippen LogP contribution in [0.15, 0.2) is 12.1 Å². The summed E-state index contributed by atoms with van der Waals surface area (Å²) >= 11 is 1.44. The molecule has 1 atom stereocenters. The van der Waals surface area contributed by atoms with Gasteiger partial charge in [-0.15, -0.1) is 11.3 Å². The van der Waals surface area contributed by atoms with E-state index in [9.17, 15) is 0 Å². The first-order valence-corrected chi connectivity index (χ1v) is 6.10. The summed E-state index contributed by atoms with van der Waals surface area (Å²) < 4.78 is 0.607. The molecule has 1 aromatic heterocycles. The molecule has 0 aromatic carbocycles. The SMILES string of the molecule is CCC(C)CNCc1ccc(B(O)O)s1. The first-order valence-electron chi connectivity index (χ1n) is 5.29. The van der Waals surface area contributed by atoms with Gasteiger partial charge in [-0.1, -0.05) is 26.3 Å². The number of thiophene rings is 1. The van der Waals surface area contributed by atoms with E-state index < -0.39 is 7.12 Å². The van der Waals surface area contributed by atoms with Gasteiger partial charge in [0, 0.05) is 16.2 Å². The highest BCUT2D eigenvalue weighted by molar-refractivity contribution is 7.22. The third-order valence-corrected chi connectivity index (χ3v) is 3.55. The van der Waals surface area contributed by atoms with E-state index >= 15 is 0 Å². The smallest absolute Gasteiger partial charge is 0.423 e. The van der Waals surface area contributed by atoms with Crippen molar-refractivity contribution >= 4 is 23.2 Å². The maximum atomic E-state index is 8.93. The lowest BCUT2D eigenvalue weighted by Gasteiger charge is -2.08. The van der Waals surface area contributed by atoms with Crippen molar-refractivity contribution in [3.05, 3.63) is 17.0 Å². The van der Waals surface area contributed by atoms with E-state index in [1.54, 1.807) is 6.07 Å². The Morgan fingerprint density at radius 1 is 1.47 bits per heavy atom. The Labute approximate surface area is 95.3 Å². The predicted molar refractivity (Wildman–Crippen MR) is 65.3 cm³/mol. The minimum absolute atomic E-state index is 0.607. The summed E-state index contributed by atoms with van der Waals surface area (Å²) in [5.74, 6) is 0.688. The Morgan fingerprint density at radius 3 is 2.73 bits per heavy atom. The summed E-state index contributed by atoms with van der Waals surface area (Å²) in [6, 6.07) is 3.69. The summed E-state index contributed by atoms with van der Waals surface area (Å²) in [6.45, 7) is 6.20. The van der Waals surface area contributed by atoms with Crippen LogP contribution in [0.4, 0.5) is 0 Å². The van der Waals surface area contributed by atoms with E-state index in [1.165, 1.54) is 17.8 Å². The largest absolute Gasteiger partial charge is 0.499 e. The number of hydrogen-bond acceptors (Lipinski definition) is 4. The Hall–Kier alpha value is -0.355. The topological polar surface area (TPSA) is 52.5 Å². The minimum Gasteiger partial charge on any atom is -0.423 e. The maximum Gasteiger partial charge on any atom is 0.499 e. The van der Waals surface area contributed by atoms with Crippen LogP contribution in [0.5, 0.6) is 0 Å². The summed E-state index contributed by atoms with van der Waals surface area (Å²) in [4.78, 5) is 1.14. The van der Waals surface area contributed by atoms with Gasteiger partial charge < -0.3 is 15.4 Å². The van der Waals surface area contributed by atoms with Gasteiger partial charge in [0.25, 0.3) is 0 Å².